The minimum atomic E-state index is -3.42. The number of nitrogens with one attached hydrogen (secondary N) is 1. The summed E-state index contributed by atoms with van der Waals surface area (Å²) in [6.07, 6.45) is 1.13. The van der Waals surface area contributed by atoms with Gasteiger partial charge in [-0.15, -0.1) is 12.4 Å². The van der Waals surface area contributed by atoms with E-state index in [0.29, 0.717) is 42.7 Å². The van der Waals surface area contributed by atoms with Gasteiger partial charge in [-0.1, -0.05) is 26.0 Å². The van der Waals surface area contributed by atoms with Crippen molar-refractivity contribution in [3.63, 3.8) is 0 Å². The highest BCUT2D eigenvalue weighted by Gasteiger charge is 2.37. The van der Waals surface area contributed by atoms with Crippen molar-refractivity contribution in [3.05, 3.63) is 29.8 Å². The van der Waals surface area contributed by atoms with E-state index in [9.17, 15) is 13.2 Å². The number of amides is 1. The van der Waals surface area contributed by atoms with Crippen molar-refractivity contribution in [3.8, 4) is 0 Å². The highest BCUT2D eigenvalue weighted by Crippen LogP contribution is 2.27. The molecule has 0 radical (unpaired) electrons. The lowest BCUT2D eigenvalue weighted by Gasteiger charge is -2.19. The maximum atomic E-state index is 12.5. The van der Waals surface area contributed by atoms with Crippen molar-refractivity contribution in [1.82, 2.24) is 14.5 Å². The topological polar surface area (TPSA) is 69.7 Å². The first-order chi connectivity index (χ1) is 12.5. The number of hydrogen-bond donors (Lipinski definition) is 1. The van der Waals surface area contributed by atoms with Crippen molar-refractivity contribution in [2.24, 2.45) is 11.8 Å². The van der Waals surface area contributed by atoms with E-state index in [2.05, 4.69) is 5.32 Å². The molecule has 0 bridgehead atoms. The second-order valence-corrected chi connectivity index (χ2v) is 9.15. The van der Waals surface area contributed by atoms with Crippen LogP contribution in [0.1, 0.15) is 25.8 Å². The molecule has 3 rings (SSSR count). The van der Waals surface area contributed by atoms with Gasteiger partial charge in [-0.05, 0) is 36.0 Å². The minimum absolute atomic E-state index is 0. The van der Waals surface area contributed by atoms with Crippen LogP contribution in [0.5, 0.6) is 0 Å². The molecule has 8 heteroatoms. The Morgan fingerprint density at radius 3 is 2.19 bits per heavy atom. The zero-order chi connectivity index (χ0) is 18.7. The monoisotopic (exact) mass is 415 g/mol. The van der Waals surface area contributed by atoms with E-state index in [1.54, 1.807) is 12.1 Å². The van der Waals surface area contributed by atoms with Crippen LogP contribution >= 0.6 is 12.4 Å². The van der Waals surface area contributed by atoms with Crippen LogP contribution < -0.4 is 5.32 Å². The van der Waals surface area contributed by atoms with Gasteiger partial charge in [-0.3, -0.25) is 4.79 Å². The number of benzene rings is 1. The van der Waals surface area contributed by atoms with Gasteiger partial charge < -0.3 is 10.2 Å². The molecule has 2 fully saturated rings. The molecule has 2 heterocycles. The highest BCUT2D eigenvalue weighted by molar-refractivity contribution is 7.89. The number of sulfonamides is 1. The number of carbonyl (C=O) groups excluding carboxylic acids is 1. The lowest BCUT2D eigenvalue weighted by Crippen LogP contribution is -2.32. The summed E-state index contributed by atoms with van der Waals surface area (Å²) in [4.78, 5) is 14.8. The Balaban J connectivity index is 0.00000261. The first-order valence-electron chi connectivity index (χ1n) is 9.53. The predicted octanol–water partition coefficient (Wildman–Crippen LogP) is 1.75. The summed E-state index contributed by atoms with van der Waals surface area (Å²) in [5, 5.41) is 3.38. The summed E-state index contributed by atoms with van der Waals surface area (Å²) >= 11 is 0. The zero-order valence-corrected chi connectivity index (χ0v) is 17.7. The fourth-order valence-electron chi connectivity index (χ4n) is 4.01. The molecule has 2 aliphatic heterocycles. The molecule has 1 N–H and O–H groups in total. The number of carbonyl (C=O) groups is 1. The quantitative estimate of drug-likeness (QED) is 0.736. The van der Waals surface area contributed by atoms with E-state index in [4.69, 9.17) is 0 Å². The Morgan fingerprint density at radius 2 is 1.67 bits per heavy atom. The molecule has 2 saturated heterocycles. The lowest BCUT2D eigenvalue weighted by atomic mass is 10.0. The van der Waals surface area contributed by atoms with Gasteiger partial charge in [0, 0.05) is 45.7 Å². The van der Waals surface area contributed by atoms with Crippen LogP contribution in [-0.4, -0.2) is 62.8 Å². The Labute approximate surface area is 168 Å². The largest absolute Gasteiger partial charge is 0.342 e. The third-order valence-electron chi connectivity index (χ3n) is 5.64. The third kappa shape index (κ3) is 4.83. The SMILES string of the molecule is CCN(CC)S(=O)(=O)c1ccc(CCC(=O)N2C[C@H]3CNC[C@H]3C2)cc1.Cl. The van der Waals surface area contributed by atoms with E-state index in [0.717, 1.165) is 31.7 Å². The van der Waals surface area contributed by atoms with Crippen LogP contribution in [0.3, 0.4) is 0 Å². The number of rotatable bonds is 7. The minimum Gasteiger partial charge on any atom is -0.342 e. The number of fused-ring (bicyclic) bond motifs is 1. The fraction of sp³-hybridized carbons (Fsp3) is 0.632. The number of likely N-dealkylation sites (tertiary alicyclic amines) is 1. The predicted molar refractivity (Wildman–Crippen MR) is 109 cm³/mol. The van der Waals surface area contributed by atoms with Crippen LogP contribution in [0, 0.1) is 11.8 Å². The van der Waals surface area contributed by atoms with Crippen molar-refractivity contribution >= 4 is 28.3 Å². The summed E-state index contributed by atoms with van der Waals surface area (Å²) in [6.45, 7) is 8.39. The lowest BCUT2D eigenvalue weighted by molar-refractivity contribution is -0.130. The van der Waals surface area contributed by atoms with Crippen LogP contribution in [0.2, 0.25) is 0 Å². The van der Waals surface area contributed by atoms with Gasteiger partial charge in [-0.2, -0.15) is 4.31 Å². The van der Waals surface area contributed by atoms with Crippen molar-refractivity contribution in [1.29, 1.82) is 0 Å². The Bertz CT molecular complexity index is 723. The molecule has 0 saturated carbocycles. The fourth-order valence-corrected chi connectivity index (χ4v) is 5.47. The third-order valence-corrected chi connectivity index (χ3v) is 7.70. The van der Waals surface area contributed by atoms with Crippen LogP contribution in [0.4, 0.5) is 0 Å². The van der Waals surface area contributed by atoms with Crippen molar-refractivity contribution in [2.45, 2.75) is 31.6 Å². The van der Waals surface area contributed by atoms with E-state index in [-0.39, 0.29) is 18.3 Å². The van der Waals surface area contributed by atoms with Crippen molar-refractivity contribution in [2.75, 3.05) is 39.3 Å². The standard InChI is InChI=1S/C19H29N3O3S.ClH/c1-3-22(4-2)26(24,25)18-8-5-15(6-9-18)7-10-19(23)21-13-16-11-20-12-17(16)14-21;/h5-6,8-9,16-17,20H,3-4,7,10-14H2,1-2H3;1H/t16-,17+;. The molecule has 0 unspecified atom stereocenters. The molecular weight excluding hydrogens is 386 g/mol. The molecule has 6 nitrogen and oxygen atoms in total. The molecular formula is C19H30ClN3O3S. The molecule has 27 heavy (non-hydrogen) atoms. The summed E-state index contributed by atoms with van der Waals surface area (Å²) in [6, 6.07) is 6.96. The second-order valence-electron chi connectivity index (χ2n) is 7.21. The molecule has 0 spiro atoms. The van der Waals surface area contributed by atoms with E-state index in [1.807, 2.05) is 30.9 Å². The Kier molecular flexibility index (Phi) is 7.68. The van der Waals surface area contributed by atoms with Gasteiger partial charge in [0.2, 0.25) is 15.9 Å². The number of aryl methyl sites for hydroxylation is 1. The number of nitrogens with zero attached hydrogens (tertiary/aromatic N) is 2. The normalized spacial score (nSPS) is 22.0. The van der Waals surface area contributed by atoms with E-state index in [1.165, 1.54) is 4.31 Å². The molecule has 2 aliphatic rings. The van der Waals surface area contributed by atoms with Gasteiger partial charge in [-0.25, -0.2) is 8.42 Å². The van der Waals surface area contributed by atoms with Crippen LogP contribution in [0.15, 0.2) is 29.2 Å². The van der Waals surface area contributed by atoms with E-state index >= 15 is 0 Å². The van der Waals surface area contributed by atoms with E-state index < -0.39 is 10.0 Å². The molecule has 2 atom stereocenters. The summed E-state index contributed by atoms with van der Waals surface area (Å²) in [5.41, 5.74) is 0.998. The smallest absolute Gasteiger partial charge is 0.243 e. The zero-order valence-electron chi connectivity index (χ0n) is 16.1. The average Bonchev–Trinajstić information content (AvgIpc) is 3.23. The van der Waals surface area contributed by atoms with Gasteiger partial charge >= 0.3 is 0 Å². The Hall–Kier alpha value is -1.15. The molecule has 0 aliphatic carbocycles. The number of hydrogen-bond acceptors (Lipinski definition) is 4. The first kappa shape index (κ1) is 22.1. The van der Waals surface area contributed by atoms with Crippen LogP contribution in [0.25, 0.3) is 0 Å². The van der Waals surface area contributed by atoms with Gasteiger partial charge in [0.05, 0.1) is 4.90 Å². The molecule has 1 aromatic carbocycles. The molecule has 0 aromatic heterocycles. The summed E-state index contributed by atoms with van der Waals surface area (Å²) < 4.78 is 26.5. The van der Waals surface area contributed by atoms with Crippen molar-refractivity contribution < 1.29 is 13.2 Å². The number of halogens is 1. The highest BCUT2D eigenvalue weighted by atomic mass is 35.5. The summed E-state index contributed by atoms with van der Waals surface area (Å²) in [5.74, 6) is 1.44. The first-order valence-corrected chi connectivity index (χ1v) is 11.0. The molecule has 152 valence electrons. The van der Waals surface area contributed by atoms with Crippen LogP contribution in [-0.2, 0) is 21.2 Å². The van der Waals surface area contributed by atoms with Gasteiger partial charge in [0.15, 0.2) is 0 Å². The van der Waals surface area contributed by atoms with Gasteiger partial charge in [0.1, 0.15) is 0 Å². The summed E-state index contributed by atoms with van der Waals surface area (Å²) in [7, 11) is -3.42. The van der Waals surface area contributed by atoms with Gasteiger partial charge in [0.25, 0.3) is 0 Å². The Morgan fingerprint density at radius 1 is 1.11 bits per heavy atom. The second kappa shape index (κ2) is 9.37. The maximum absolute atomic E-state index is 12.5. The molecule has 1 aromatic rings. The average molecular weight is 416 g/mol. The maximum Gasteiger partial charge on any atom is 0.243 e. The molecule has 1 amide bonds.